The smallest absolute Gasteiger partial charge is 0.0794 e. The van der Waals surface area contributed by atoms with E-state index in [1.165, 1.54) is 43.4 Å². The van der Waals surface area contributed by atoms with Crippen molar-refractivity contribution in [2.45, 2.75) is 50.2 Å². The SMILES string of the molecule is CNC(c1cncs1)C1CCOC2(CCCC2)C1. The molecule has 2 fully saturated rings. The molecule has 1 aliphatic carbocycles. The van der Waals surface area contributed by atoms with Crippen LogP contribution in [0.4, 0.5) is 0 Å². The van der Waals surface area contributed by atoms with Crippen molar-refractivity contribution in [3.8, 4) is 0 Å². The molecule has 18 heavy (non-hydrogen) atoms. The van der Waals surface area contributed by atoms with Crippen molar-refractivity contribution in [1.29, 1.82) is 0 Å². The minimum Gasteiger partial charge on any atom is -0.375 e. The molecule has 4 heteroatoms. The Kier molecular flexibility index (Phi) is 3.68. The predicted molar refractivity (Wildman–Crippen MR) is 73.8 cm³/mol. The van der Waals surface area contributed by atoms with Gasteiger partial charge < -0.3 is 10.1 Å². The Bertz CT molecular complexity index is 373. The van der Waals surface area contributed by atoms with Gasteiger partial charge in [0.05, 0.1) is 11.1 Å². The van der Waals surface area contributed by atoms with Crippen LogP contribution in [-0.2, 0) is 4.74 Å². The van der Waals surface area contributed by atoms with Gasteiger partial charge in [-0.3, -0.25) is 4.98 Å². The van der Waals surface area contributed by atoms with Gasteiger partial charge in [0.1, 0.15) is 0 Å². The highest BCUT2D eigenvalue weighted by Gasteiger charge is 2.42. The molecule has 100 valence electrons. The number of ether oxygens (including phenoxy) is 1. The second-order valence-electron chi connectivity index (χ2n) is 5.66. The van der Waals surface area contributed by atoms with Crippen molar-refractivity contribution in [3.05, 3.63) is 16.6 Å². The largest absolute Gasteiger partial charge is 0.375 e. The molecule has 0 radical (unpaired) electrons. The summed E-state index contributed by atoms with van der Waals surface area (Å²) in [4.78, 5) is 5.59. The van der Waals surface area contributed by atoms with Crippen LogP contribution in [0, 0.1) is 5.92 Å². The van der Waals surface area contributed by atoms with Gasteiger partial charge in [0.15, 0.2) is 0 Å². The molecule has 1 aromatic heterocycles. The number of hydrogen-bond acceptors (Lipinski definition) is 4. The lowest BCUT2D eigenvalue weighted by molar-refractivity contribution is -0.0977. The van der Waals surface area contributed by atoms with E-state index >= 15 is 0 Å². The molecule has 1 aliphatic heterocycles. The minimum atomic E-state index is 0.211. The highest BCUT2D eigenvalue weighted by atomic mass is 32.1. The fourth-order valence-corrected chi connectivity index (χ4v) is 4.53. The molecule has 3 rings (SSSR count). The lowest BCUT2D eigenvalue weighted by Gasteiger charge is -2.41. The number of nitrogens with one attached hydrogen (secondary N) is 1. The molecule has 2 unspecified atom stereocenters. The normalized spacial score (nSPS) is 28.6. The molecular weight excluding hydrogens is 244 g/mol. The molecule has 0 amide bonds. The van der Waals surface area contributed by atoms with Crippen molar-refractivity contribution in [3.63, 3.8) is 0 Å². The van der Waals surface area contributed by atoms with Crippen LogP contribution in [0.15, 0.2) is 11.7 Å². The van der Waals surface area contributed by atoms with Gasteiger partial charge in [0.25, 0.3) is 0 Å². The number of hydrogen-bond donors (Lipinski definition) is 1. The summed E-state index contributed by atoms with van der Waals surface area (Å²) < 4.78 is 6.13. The Morgan fingerprint density at radius 1 is 1.50 bits per heavy atom. The predicted octanol–water partition coefficient (Wildman–Crippen LogP) is 3.14. The third kappa shape index (κ3) is 2.33. The minimum absolute atomic E-state index is 0.211. The van der Waals surface area contributed by atoms with Crippen LogP contribution in [0.2, 0.25) is 0 Å². The van der Waals surface area contributed by atoms with Gasteiger partial charge in [-0.15, -0.1) is 11.3 Å². The highest BCUT2D eigenvalue weighted by molar-refractivity contribution is 7.09. The van der Waals surface area contributed by atoms with Gasteiger partial charge in [-0.2, -0.15) is 0 Å². The lowest BCUT2D eigenvalue weighted by Crippen LogP contribution is -2.41. The molecular formula is C14H22N2OS. The van der Waals surface area contributed by atoms with Gasteiger partial charge in [-0.25, -0.2) is 0 Å². The van der Waals surface area contributed by atoms with E-state index in [9.17, 15) is 0 Å². The maximum atomic E-state index is 6.13. The van der Waals surface area contributed by atoms with E-state index < -0.39 is 0 Å². The fourth-order valence-electron chi connectivity index (χ4n) is 3.71. The number of nitrogens with zero attached hydrogens (tertiary/aromatic N) is 1. The van der Waals surface area contributed by atoms with Gasteiger partial charge in [0, 0.05) is 23.7 Å². The van der Waals surface area contributed by atoms with Crippen LogP contribution in [0.1, 0.15) is 49.4 Å². The molecule has 2 heterocycles. The summed E-state index contributed by atoms with van der Waals surface area (Å²) in [6, 6.07) is 0.457. The van der Waals surface area contributed by atoms with Crippen LogP contribution in [0.25, 0.3) is 0 Å². The van der Waals surface area contributed by atoms with E-state index in [0.29, 0.717) is 12.0 Å². The van der Waals surface area contributed by atoms with Crippen LogP contribution in [0.3, 0.4) is 0 Å². The second kappa shape index (κ2) is 5.27. The molecule has 1 N–H and O–H groups in total. The third-order valence-corrected chi connectivity index (χ3v) is 5.44. The maximum absolute atomic E-state index is 6.13. The Labute approximate surface area is 113 Å². The third-order valence-electron chi connectivity index (χ3n) is 4.59. The lowest BCUT2D eigenvalue weighted by atomic mass is 9.80. The van der Waals surface area contributed by atoms with E-state index in [4.69, 9.17) is 4.74 Å². The number of aromatic nitrogens is 1. The van der Waals surface area contributed by atoms with Crippen molar-refractivity contribution >= 4 is 11.3 Å². The van der Waals surface area contributed by atoms with Crippen LogP contribution in [0.5, 0.6) is 0 Å². The standard InChI is InChI=1S/C14H22N2OS/c1-15-13(12-9-16-10-18-12)11-4-7-17-14(8-11)5-2-3-6-14/h9-11,13,15H,2-8H2,1H3. The Hall–Kier alpha value is -0.450. The van der Waals surface area contributed by atoms with Crippen molar-refractivity contribution in [2.24, 2.45) is 5.92 Å². The fraction of sp³-hybridized carbons (Fsp3) is 0.786. The van der Waals surface area contributed by atoms with Gasteiger partial charge in [-0.1, -0.05) is 12.8 Å². The molecule has 1 saturated carbocycles. The van der Waals surface area contributed by atoms with E-state index in [0.717, 1.165) is 6.61 Å². The van der Waals surface area contributed by atoms with Crippen molar-refractivity contribution < 1.29 is 4.74 Å². The van der Waals surface area contributed by atoms with E-state index in [1.54, 1.807) is 11.3 Å². The summed E-state index contributed by atoms with van der Waals surface area (Å²) in [5, 5.41) is 3.50. The summed E-state index contributed by atoms with van der Waals surface area (Å²) in [7, 11) is 2.07. The average Bonchev–Trinajstić information content (AvgIpc) is 3.03. The summed E-state index contributed by atoms with van der Waals surface area (Å²) >= 11 is 1.77. The first-order valence-electron chi connectivity index (χ1n) is 7.03. The quantitative estimate of drug-likeness (QED) is 0.912. The zero-order chi connectivity index (χ0) is 12.4. The van der Waals surface area contributed by atoms with Crippen LogP contribution < -0.4 is 5.32 Å². The van der Waals surface area contributed by atoms with Gasteiger partial charge in [-0.05, 0) is 38.6 Å². The van der Waals surface area contributed by atoms with Crippen molar-refractivity contribution in [2.75, 3.05) is 13.7 Å². The van der Waals surface area contributed by atoms with Crippen LogP contribution >= 0.6 is 11.3 Å². The Morgan fingerprint density at radius 2 is 2.33 bits per heavy atom. The Morgan fingerprint density at radius 3 is 3.00 bits per heavy atom. The summed E-state index contributed by atoms with van der Waals surface area (Å²) in [6.45, 7) is 0.932. The zero-order valence-electron chi connectivity index (χ0n) is 11.0. The first kappa shape index (κ1) is 12.6. The monoisotopic (exact) mass is 266 g/mol. The van der Waals surface area contributed by atoms with Gasteiger partial charge >= 0.3 is 0 Å². The molecule has 2 aliphatic rings. The molecule has 3 nitrogen and oxygen atoms in total. The molecule has 2 atom stereocenters. The van der Waals surface area contributed by atoms with E-state index in [2.05, 4.69) is 17.3 Å². The zero-order valence-corrected chi connectivity index (χ0v) is 11.8. The molecule has 0 aromatic carbocycles. The summed E-state index contributed by atoms with van der Waals surface area (Å²) in [5.74, 6) is 0.697. The maximum Gasteiger partial charge on any atom is 0.0794 e. The topological polar surface area (TPSA) is 34.2 Å². The highest BCUT2D eigenvalue weighted by Crippen LogP contribution is 2.45. The molecule has 1 aromatic rings. The average molecular weight is 266 g/mol. The first-order valence-corrected chi connectivity index (χ1v) is 7.91. The first-order chi connectivity index (χ1) is 8.83. The second-order valence-corrected chi connectivity index (χ2v) is 6.58. The Balaban J connectivity index is 1.74. The number of thiazole rings is 1. The van der Waals surface area contributed by atoms with Gasteiger partial charge in [0.2, 0.25) is 0 Å². The summed E-state index contributed by atoms with van der Waals surface area (Å²) in [5.41, 5.74) is 2.15. The van der Waals surface area contributed by atoms with Crippen molar-refractivity contribution in [1.82, 2.24) is 10.3 Å². The number of rotatable bonds is 3. The summed E-state index contributed by atoms with van der Waals surface area (Å²) in [6.07, 6.45) is 9.63. The molecule has 0 bridgehead atoms. The van der Waals surface area contributed by atoms with Crippen LogP contribution in [-0.4, -0.2) is 24.2 Å². The van der Waals surface area contributed by atoms with E-state index in [-0.39, 0.29) is 5.60 Å². The molecule has 1 spiro atoms. The molecule has 1 saturated heterocycles. The van der Waals surface area contributed by atoms with E-state index in [1.807, 2.05) is 11.7 Å².